The summed E-state index contributed by atoms with van der Waals surface area (Å²) in [6.45, 7) is 8.28. The van der Waals surface area contributed by atoms with E-state index in [9.17, 15) is 9.59 Å². The van der Waals surface area contributed by atoms with Gasteiger partial charge in [-0.3, -0.25) is 0 Å². The molecular formula is C40H38O6. The van der Waals surface area contributed by atoms with Crippen molar-refractivity contribution in [3.63, 3.8) is 0 Å². The molecule has 0 aromatic heterocycles. The van der Waals surface area contributed by atoms with Gasteiger partial charge in [0.1, 0.15) is 11.5 Å². The molecule has 6 rings (SSSR count). The van der Waals surface area contributed by atoms with Gasteiger partial charge in [-0.1, -0.05) is 112 Å². The Kier molecular flexibility index (Phi) is 9.06. The van der Waals surface area contributed by atoms with E-state index in [2.05, 4.69) is 62.4 Å². The first kappa shape index (κ1) is 30.9. The molecule has 6 nitrogen and oxygen atoms in total. The van der Waals surface area contributed by atoms with Gasteiger partial charge in [0.05, 0.1) is 13.2 Å². The Morgan fingerprint density at radius 2 is 0.848 bits per heavy atom. The van der Waals surface area contributed by atoms with E-state index >= 15 is 0 Å². The molecule has 0 bridgehead atoms. The van der Waals surface area contributed by atoms with Gasteiger partial charge in [0.25, 0.3) is 0 Å². The van der Waals surface area contributed by atoms with Crippen LogP contribution >= 0.6 is 0 Å². The molecule has 0 heterocycles. The van der Waals surface area contributed by atoms with Crippen LogP contribution in [0.4, 0.5) is 9.59 Å². The lowest BCUT2D eigenvalue weighted by atomic mass is 9.84. The van der Waals surface area contributed by atoms with Crippen LogP contribution in [0.5, 0.6) is 11.5 Å². The molecule has 0 amide bonds. The molecule has 0 N–H and O–H groups in total. The first-order valence-corrected chi connectivity index (χ1v) is 16.1. The average Bonchev–Trinajstić information content (AvgIpc) is 3.06. The molecule has 0 saturated heterocycles. The van der Waals surface area contributed by atoms with Crippen LogP contribution in [-0.2, 0) is 22.3 Å². The van der Waals surface area contributed by atoms with Crippen LogP contribution in [0.1, 0.15) is 51.7 Å². The Morgan fingerprint density at radius 3 is 1.22 bits per heavy atom. The van der Waals surface area contributed by atoms with Gasteiger partial charge in [0, 0.05) is 21.5 Å². The minimum atomic E-state index is -0.736. The molecule has 0 spiro atoms. The molecule has 0 aliphatic heterocycles. The number of carbonyl (C=O) groups excluding carboxylic acids is 2. The third-order valence-corrected chi connectivity index (χ3v) is 8.30. The summed E-state index contributed by atoms with van der Waals surface area (Å²) in [6, 6.07) is 28.8. The van der Waals surface area contributed by atoms with Crippen molar-refractivity contribution in [2.75, 3.05) is 13.2 Å². The summed E-state index contributed by atoms with van der Waals surface area (Å²) in [5, 5.41) is 7.05. The van der Waals surface area contributed by atoms with Crippen molar-refractivity contribution in [2.24, 2.45) is 0 Å². The summed E-state index contributed by atoms with van der Waals surface area (Å²) in [7, 11) is 0. The molecule has 0 aliphatic rings. The summed E-state index contributed by atoms with van der Waals surface area (Å²) in [5.74, 6) is 0.941. The predicted molar refractivity (Wildman–Crippen MR) is 185 cm³/mol. The Balaban J connectivity index is 1.81. The fourth-order valence-electron chi connectivity index (χ4n) is 6.48. The Morgan fingerprint density at radius 1 is 0.478 bits per heavy atom. The van der Waals surface area contributed by atoms with E-state index in [1.807, 2.05) is 36.4 Å². The van der Waals surface area contributed by atoms with Crippen molar-refractivity contribution in [3.05, 3.63) is 96.1 Å². The van der Waals surface area contributed by atoms with Crippen molar-refractivity contribution >= 4 is 55.4 Å². The SMILES string of the molecule is CCCc1ccc2c(OC(=O)OCC)c3ccccc3c(-c3c4ccccc4c(OC(=O)OCC)c4ccc(CCC)cc34)c2c1. The lowest BCUT2D eigenvalue weighted by molar-refractivity contribution is 0.104. The van der Waals surface area contributed by atoms with E-state index in [0.29, 0.717) is 11.5 Å². The van der Waals surface area contributed by atoms with Gasteiger partial charge in [-0.05, 0) is 70.5 Å². The Labute approximate surface area is 268 Å². The molecule has 0 aliphatic carbocycles. The number of hydrogen-bond donors (Lipinski definition) is 0. The van der Waals surface area contributed by atoms with Gasteiger partial charge in [-0.25, -0.2) is 9.59 Å². The highest BCUT2D eigenvalue weighted by molar-refractivity contribution is 6.27. The zero-order valence-electron chi connectivity index (χ0n) is 26.8. The van der Waals surface area contributed by atoms with E-state index in [1.165, 1.54) is 11.1 Å². The standard InChI is InChI=1S/C40H38O6/c1-5-13-25-19-21-31-33(23-25)35(27-15-9-11-17-29(27)37(31)45-39(41)43-7-3)36-28-16-10-12-18-30(28)38(46-40(42)44-8-4)32-22-20-26(14-6-2)24-34(32)36/h9-12,15-24H,5-8,13-14H2,1-4H3. The van der Waals surface area contributed by atoms with Crippen molar-refractivity contribution in [1.29, 1.82) is 0 Å². The van der Waals surface area contributed by atoms with Crippen molar-refractivity contribution in [3.8, 4) is 22.6 Å². The first-order valence-electron chi connectivity index (χ1n) is 16.1. The normalized spacial score (nSPS) is 11.3. The second kappa shape index (κ2) is 13.5. The highest BCUT2D eigenvalue weighted by atomic mass is 16.7. The molecule has 6 aromatic rings. The Bertz CT molecular complexity index is 1940. The number of ether oxygens (including phenoxy) is 4. The zero-order valence-corrected chi connectivity index (χ0v) is 26.8. The number of carbonyl (C=O) groups is 2. The zero-order chi connectivity index (χ0) is 32.2. The second-order valence-corrected chi connectivity index (χ2v) is 11.3. The summed E-state index contributed by atoms with van der Waals surface area (Å²) < 4.78 is 22.3. The highest BCUT2D eigenvalue weighted by Crippen LogP contribution is 2.50. The summed E-state index contributed by atoms with van der Waals surface area (Å²) >= 11 is 0. The molecule has 0 radical (unpaired) electrons. The second-order valence-electron chi connectivity index (χ2n) is 11.3. The molecular weight excluding hydrogens is 576 g/mol. The van der Waals surface area contributed by atoms with Gasteiger partial charge in [0.15, 0.2) is 0 Å². The van der Waals surface area contributed by atoms with Gasteiger partial charge in [0.2, 0.25) is 0 Å². The summed E-state index contributed by atoms with van der Waals surface area (Å²) in [4.78, 5) is 25.5. The largest absolute Gasteiger partial charge is 0.513 e. The fraction of sp³-hybridized carbons (Fsp3) is 0.250. The van der Waals surface area contributed by atoms with Crippen molar-refractivity contribution in [1.82, 2.24) is 0 Å². The topological polar surface area (TPSA) is 71.1 Å². The monoisotopic (exact) mass is 614 g/mol. The van der Waals surface area contributed by atoms with Crippen LogP contribution in [0.25, 0.3) is 54.2 Å². The summed E-state index contributed by atoms with van der Waals surface area (Å²) in [6.07, 6.45) is 2.33. The van der Waals surface area contributed by atoms with Crippen LogP contribution in [0.3, 0.4) is 0 Å². The van der Waals surface area contributed by atoms with E-state index < -0.39 is 12.3 Å². The molecule has 0 atom stereocenters. The number of hydrogen-bond acceptors (Lipinski definition) is 6. The maximum Gasteiger partial charge on any atom is 0.513 e. The molecule has 0 fully saturated rings. The van der Waals surface area contributed by atoms with Crippen LogP contribution in [0.2, 0.25) is 0 Å². The van der Waals surface area contributed by atoms with Gasteiger partial charge < -0.3 is 18.9 Å². The number of fused-ring (bicyclic) bond motifs is 4. The number of benzene rings is 6. The van der Waals surface area contributed by atoms with Crippen LogP contribution in [0.15, 0.2) is 84.9 Å². The van der Waals surface area contributed by atoms with E-state index in [1.54, 1.807) is 13.8 Å². The smallest absolute Gasteiger partial charge is 0.434 e. The van der Waals surface area contributed by atoms with Crippen LogP contribution < -0.4 is 9.47 Å². The van der Waals surface area contributed by atoms with Crippen molar-refractivity contribution < 1.29 is 28.5 Å². The molecule has 6 heteroatoms. The maximum atomic E-state index is 12.7. The number of aryl methyl sites for hydroxylation is 2. The summed E-state index contributed by atoms with van der Waals surface area (Å²) in [5.41, 5.74) is 4.43. The highest BCUT2D eigenvalue weighted by Gasteiger charge is 2.25. The maximum absolute atomic E-state index is 12.7. The molecule has 46 heavy (non-hydrogen) atoms. The van der Waals surface area contributed by atoms with Gasteiger partial charge in [-0.15, -0.1) is 0 Å². The van der Waals surface area contributed by atoms with E-state index in [0.717, 1.165) is 79.9 Å². The van der Waals surface area contributed by atoms with Crippen LogP contribution in [-0.4, -0.2) is 25.5 Å². The Hall–Kier alpha value is -5.10. The average molecular weight is 615 g/mol. The van der Waals surface area contributed by atoms with Crippen molar-refractivity contribution in [2.45, 2.75) is 53.4 Å². The minimum absolute atomic E-state index is 0.214. The quantitative estimate of drug-likeness (QED) is 0.0916. The van der Waals surface area contributed by atoms with E-state index in [4.69, 9.17) is 18.9 Å². The van der Waals surface area contributed by atoms with Gasteiger partial charge >= 0.3 is 12.3 Å². The lowest BCUT2D eigenvalue weighted by Gasteiger charge is -2.22. The number of rotatable bonds is 9. The minimum Gasteiger partial charge on any atom is -0.434 e. The fourth-order valence-corrected chi connectivity index (χ4v) is 6.48. The first-order chi connectivity index (χ1) is 22.5. The molecule has 6 aromatic carbocycles. The van der Waals surface area contributed by atoms with Gasteiger partial charge in [-0.2, -0.15) is 0 Å². The molecule has 234 valence electrons. The third-order valence-electron chi connectivity index (χ3n) is 8.30. The van der Waals surface area contributed by atoms with E-state index in [-0.39, 0.29) is 13.2 Å². The predicted octanol–water partition coefficient (Wildman–Crippen LogP) is 10.9. The lowest BCUT2D eigenvalue weighted by Crippen LogP contribution is -2.11. The van der Waals surface area contributed by atoms with Crippen LogP contribution in [0, 0.1) is 0 Å². The molecule has 0 saturated carbocycles. The third kappa shape index (κ3) is 5.71. The molecule has 0 unspecified atom stereocenters.